The van der Waals surface area contributed by atoms with Crippen molar-refractivity contribution >= 4 is 0 Å². The smallest absolute Gasteiger partial charge is 0.0584 e. The standard InChI is InChI=1S/C7H13NO/c9-4-6-3-7(1-2-7)5-8-6/h6,8-9H,1-5H2. The fraction of sp³-hybridized carbons (Fsp3) is 1.00. The first-order valence-electron chi connectivity index (χ1n) is 3.69. The van der Waals surface area contributed by atoms with Crippen LogP contribution < -0.4 is 5.32 Å². The molecule has 1 aliphatic carbocycles. The summed E-state index contributed by atoms with van der Waals surface area (Å²) in [4.78, 5) is 0. The fourth-order valence-corrected chi connectivity index (χ4v) is 1.71. The molecule has 2 aliphatic rings. The molecule has 2 N–H and O–H groups in total. The third kappa shape index (κ3) is 0.864. The number of hydrogen-bond acceptors (Lipinski definition) is 2. The van der Waals surface area contributed by atoms with E-state index in [4.69, 9.17) is 5.11 Å². The largest absolute Gasteiger partial charge is 0.395 e. The van der Waals surface area contributed by atoms with Crippen molar-refractivity contribution in [2.45, 2.75) is 25.3 Å². The molecule has 2 fully saturated rings. The highest BCUT2D eigenvalue weighted by molar-refractivity contribution is 5.02. The lowest BCUT2D eigenvalue weighted by Gasteiger charge is -2.03. The molecule has 0 aromatic heterocycles. The van der Waals surface area contributed by atoms with Crippen LogP contribution in [-0.4, -0.2) is 24.3 Å². The molecule has 0 aromatic carbocycles. The van der Waals surface area contributed by atoms with E-state index in [0.29, 0.717) is 18.1 Å². The number of rotatable bonds is 1. The van der Waals surface area contributed by atoms with E-state index < -0.39 is 0 Å². The van der Waals surface area contributed by atoms with Gasteiger partial charge < -0.3 is 10.4 Å². The Hall–Kier alpha value is -0.0800. The first-order valence-corrected chi connectivity index (χ1v) is 3.69. The Morgan fingerprint density at radius 2 is 2.33 bits per heavy atom. The molecule has 2 heteroatoms. The van der Waals surface area contributed by atoms with Crippen molar-refractivity contribution in [3.05, 3.63) is 0 Å². The van der Waals surface area contributed by atoms with E-state index in [-0.39, 0.29) is 0 Å². The minimum atomic E-state index is 0.321. The Balaban J connectivity index is 1.93. The van der Waals surface area contributed by atoms with Crippen molar-refractivity contribution in [3.63, 3.8) is 0 Å². The maximum absolute atomic E-state index is 8.76. The summed E-state index contributed by atoms with van der Waals surface area (Å²) < 4.78 is 0. The molecular formula is C7H13NO. The number of aliphatic hydroxyl groups is 1. The van der Waals surface area contributed by atoms with Crippen LogP contribution >= 0.6 is 0 Å². The predicted molar refractivity (Wildman–Crippen MR) is 35.2 cm³/mol. The van der Waals surface area contributed by atoms with Gasteiger partial charge in [-0.15, -0.1) is 0 Å². The Bertz CT molecular complexity index is 120. The Morgan fingerprint density at radius 3 is 2.67 bits per heavy atom. The molecular weight excluding hydrogens is 114 g/mol. The molecule has 0 amide bonds. The second-order valence-corrected chi connectivity index (χ2v) is 3.46. The maximum atomic E-state index is 8.76. The van der Waals surface area contributed by atoms with Crippen LogP contribution in [0.5, 0.6) is 0 Å². The molecule has 2 nitrogen and oxygen atoms in total. The zero-order valence-electron chi connectivity index (χ0n) is 5.56. The van der Waals surface area contributed by atoms with Crippen LogP contribution in [0.25, 0.3) is 0 Å². The minimum Gasteiger partial charge on any atom is -0.395 e. The summed E-state index contributed by atoms with van der Waals surface area (Å²) in [5.74, 6) is 0. The maximum Gasteiger partial charge on any atom is 0.0584 e. The van der Waals surface area contributed by atoms with Crippen molar-refractivity contribution in [2.24, 2.45) is 5.41 Å². The summed E-state index contributed by atoms with van der Waals surface area (Å²) in [6, 6.07) is 0.410. The topological polar surface area (TPSA) is 32.3 Å². The minimum absolute atomic E-state index is 0.321. The summed E-state index contributed by atoms with van der Waals surface area (Å²) in [5, 5.41) is 12.1. The van der Waals surface area contributed by atoms with Gasteiger partial charge in [0.25, 0.3) is 0 Å². The molecule has 52 valence electrons. The molecule has 9 heavy (non-hydrogen) atoms. The lowest BCUT2D eigenvalue weighted by atomic mass is 10.0. The Kier molecular flexibility index (Phi) is 1.08. The van der Waals surface area contributed by atoms with Crippen LogP contribution in [-0.2, 0) is 0 Å². The van der Waals surface area contributed by atoms with E-state index in [1.807, 2.05) is 0 Å². The van der Waals surface area contributed by atoms with Gasteiger partial charge in [-0.05, 0) is 24.7 Å². The third-order valence-corrected chi connectivity index (χ3v) is 2.62. The highest BCUT2D eigenvalue weighted by atomic mass is 16.3. The number of hydrogen-bond donors (Lipinski definition) is 2. The normalized spacial score (nSPS) is 37.7. The quantitative estimate of drug-likeness (QED) is 0.524. The van der Waals surface area contributed by atoms with Gasteiger partial charge in [-0.25, -0.2) is 0 Å². The van der Waals surface area contributed by atoms with Crippen molar-refractivity contribution in [3.8, 4) is 0 Å². The van der Waals surface area contributed by atoms with Crippen LogP contribution in [0.4, 0.5) is 0 Å². The SMILES string of the molecule is OCC1CC2(CC2)CN1. The van der Waals surface area contributed by atoms with Crippen molar-refractivity contribution in [1.82, 2.24) is 5.32 Å². The van der Waals surface area contributed by atoms with E-state index in [2.05, 4.69) is 5.32 Å². The molecule has 1 spiro atoms. The van der Waals surface area contributed by atoms with E-state index >= 15 is 0 Å². The zero-order valence-corrected chi connectivity index (χ0v) is 5.56. The Labute approximate surface area is 55.3 Å². The van der Waals surface area contributed by atoms with Crippen molar-refractivity contribution in [2.75, 3.05) is 13.2 Å². The van der Waals surface area contributed by atoms with Crippen molar-refractivity contribution in [1.29, 1.82) is 0 Å². The lowest BCUT2D eigenvalue weighted by molar-refractivity contribution is 0.252. The average molecular weight is 127 g/mol. The predicted octanol–water partition coefficient (Wildman–Crippen LogP) is 0.121. The van der Waals surface area contributed by atoms with E-state index in [1.165, 1.54) is 19.3 Å². The fourth-order valence-electron chi connectivity index (χ4n) is 1.71. The molecule has 1 unspecified atom stereocenters. The van der Waals surface area contributed by atoms with Crippen LogP contribution in [0.3, 0.4) is 0 Å². The third-order valence-electron chi connectivity index (χ3n) is 2.62. The number of aliphatic hydroxyl groups excluding tert-OH is 1. The molecule has 1 heterocycles. The van der Waals surface area contributed by atoms with Crippen LogP contribution in [0.1, 0.15) is 19.3 Å². The second-order valence-electron chi connectivity index (χ2n) is 3.46. The summed E-state index contributed by atoms with van der Waals surface area (Å²) in [6.07, 6.45) is 3.98. The lowest BCUT2D eigenvalue weighted by Crippen LogP contribution is -2.24. The van der Waals surface area contributed by atoms with Gasteiger partial charge >= 0.3 is 0 Å². The van der Waals surface area contributed by atoms with Crippen LogP contribution in [0.15, 0.2) is 0 Å². The molecule has 1 saturated heterocycles. The highest BCUT2D eigenvalue weighted by Crippen LogP contribution is 2.51. The van der Waals surface area contributed by atoms with E-state index in [1.54, 1.807) is 0 Å². The first kappa shape index (κ1) is 5.69. The Morgan fingerprint density at radius 1 is 1.56 bits per heavy atom. The van der Waals surface area contributed by atoms with Gasteiger partial charge in [0.2, 0.25) is 0 Å². The summed E-state index contributed by atoms with van der Waals surface area (Å²) >= 11 is 0. The highest BCUT2D eigenvalue weighted by Gasteiger charge is 2.47. The first-order chi connectivity index (χ1) is 4.35. The average Bonchev–Trinajstić information content (AvgIpc) is 2.44. The molecule has 2 rings (SSSR count). The van der Waals surface area contributed by atoms with Gasteiger partial charge in [-0.2, -0.15) is 0 Å². The van der Waals surface area contributed by atoms with Crippen LogP contribution in [0.2, 0.25) is 0 Å². The van der Waals surface area contributed by atoms with Gasteiger partial charge in [0.05, 0.1) is 6.61 Å². The summed E-state index contributed by atoms with van der Waals surface area (Å²) in [5.41, 5.74) is 0.646. The second kappa shape index (κ2) is 1.70. The molecule has 0 bridgehead atoms. The van der Waals surface area contributed by atoms with Gasteiger partial charge in [-0.3, -0.25) is 0 Å². The van der Waals surface area contributed by atoms with Gasteiger partial charge in [0, 0.05) is 12.6 Å². The molecule has 1 aliphatic heterocycles. The van der Waals surface area contributed by atoms with Gasteiger partial charge in [0.1, 0.15) is 0 Å². The monoisotopic (exact) mass is 127 g/mol. The van der Waals surface area contributed by atoms with E-state index in [9.17, 15) is 0 Å². The molecule has 1 atom stereocenters. The van der Waals surface area contributed by atoms with Gasteiger partial charge in [-0.1, -0.05) is 0 Å². The van der Waals surface area contributed by atoms with Crippen molar-refractivity contribution < 1.29 is 5.11 Å². The van der Waals surface area contributed by atoms with Gasteiger partial charge in [0.15, 0.2) is 0 Å². The molecule has 0 aromatic rings. The molecule has 0 radical (unpaired) electrons. The molecule has 1 saturated carbocycles. The van der Waals surface area contributed by atoms with Crippen LogP contribution in [0, 0.1) is 5.41 Å². The van der Waals surface area contributed by atoms with E-state index in [0.717, 1.165) is 6.54 Å². The zero-order chi connectivity index (χ0) is 6.32. The summed E-state index contributed by atoms with van der Waals surface area (Å²) in [6.45, 7) is 1.47. The number of nitrogens with one attached hydrogen (secondary N) is 1. The summed E-state index contributed by atoms with van der Waals surface area (Å²) in [7, 11) is 0.